The molecule has 3 amide bonds. The Morgan fingerprint density at radius 2 is 1.85 bits per heavy atom. The summed E-state index contributed by atoms with van der Waals surface area (Å²) in [5.41, 5.74) is -0.0310. The molecule has 2 saturated heterocycles. The number of halogens is 3. The summed E-state index contributed by atoms with van der Waals surface area (Å²) in [4.78, 5) is 42.5. The average molecular weight is 570 g/mol. The number of nitrogens with zero attached hydrogens (tertiary/aromatic N) is 2. The number of carbonyl (C=O) groups excluding carboxylic acids is 3. The van der Waals surface area contributed by atoms with E-state index >= 15 is 0 Å². The standard InChI is InChI=1S/C30H30F3N3O5/c1-3-4-16-35(28(39)30(31,32)33)24-22-14-15-29(41-22)23(24)27(38)36(18-20-10-12-21(40-2)13-11-20)25(29)26(37)34-17-19-8-6-5-7-9-19/h3,5-15,22-25H,1,4,16-18H2,2H3,(H,34,37)/t22-,23+,24+,25-,29+/m1/s1. The Balaban J connectivity index is 1.52. The fourth-order valence-electron chi connectivity index (χ4n) is 6.05. The molecule has 5 atom stereocenters. The lowest BCUT2D eigenvalue weighted by molar-refractivity contribution is -0.189. The molecule has 41 heavy (non-hydrogen) atoms. The Hall–Kier alpha value is -4.12. The molecule has 2 aromatic rings. The van der Waals surface area contributed by atoms with Gasteiger partial charge in [-0.1, -0.05) is 60.7 Å². The van der Waals surface area contributed by atoms with Crippen LogP contribution in [-0.2, 0) is 32.2 Å². The van der Waals surface area contributed by atoms with Crippen LogP contribution in [0, 0.1) is 5.92 Å². The van der Waals surface area contributed by atoms with Gasteiger partial charge in [0.15, 0.2) is 0 Å². The first-order valence-electron chi connectivity index (χ1n) is 13.2. The van der Waals surface area contributed by atoms with E-state index in [9.17, 15) is 27.6 Å². The van der Waals surface area contributed by atoms with Crippen LogP contribution in [0.4, 0.5) is 13.2 Å². The predicted octanol–water partition coefficient (Wildman–Crippen LogP) is 3.38. The average Bonchev–Trinajstić information content (AvgIpc) is 3.60. The van der Waals surface area contributed by atoms with Crippen LogP contribution < -0.4 is 10.1 Å². The van der Waals surface area contributed by atoms with Gasteiger partial charge in [-0.2, -0.15) is 13.2 Å². The van der Waals surface area contributed by atoms with Crippen molar-refractivity contribution in [3.8, 4) is 5.75 Å². The Labute approximate surface area is 235 Å². The van der Waals surface area contributed by atoms with Crippen molar-refractivity contribution in [2.24, 2.45) is 5.92 Å². The summed E-state index contributed by atoms with van der Waals surface area (Å²) < 4.78 is 52.6. The fraction of sp³-hybridized carbons (Fsp3) is 0.367. The molecule has 0 saturated carbocycles. The minimum atomic E-state index is -5.16. The number of rotatable bonds is 10. The van der Waals surface area contributed by atoms with Gasteiger partial charge in [0.1, 0.15) is 17.4 Å². The minimum absolute atomic E-state index is 0.00103. The van der Waals surface area contributed by atoms with Crippen LogP contribution in [0.5, 0.6) is 5.75 Å². The number of hydrogen-bond donors (Lipinski definition) is 1. The molecule has 8 nitrogen and oxygen atoms in total. The number of likely N-dealkylation sites (tertiary alicyclic amines) is 1. The second kappa shape index (κ2) is 11.0. The van der Waals surface area contributed by atoms with Crippen molar-refractivity contribution in [3.63, 3.8) is 0 Å². The Morgan fingerprint density at radius 1 is 1.15 bits per heavy atom. The summed E-state index contributed by atoms with van der Waals surface area (Å²) in [6.07, 6.45) is -1.50. The number of methoxy groups -OCH3 is 1. The number of ether oxygens (including phenoxy) is 2. The molecule has 0 aromatic heterocycles. The highest BCUT2D eigenvalue weighted by Crippen LogP contribution is 2.54. The van der Waals surface area contributed by atoms with Crippen LogP contribution in [-0.4, -0.2) is 71.1 Å². The van der Waals surface area contributed by atoms with Gasteiger partial charge in [0.25, 0.3) is 0 Å². The van der Waals surface area contributed by atoms with E-state index in [0.717, 1.165) is 5.56 Å². The normalized spacial score (nSPS) is 26.1. The molecule has 2 fully saturated rings. The Bertz CT molecular complexity index is 1350. The van der Waals surface area contributed by atoms with Crippen molar-refractivity contribution < 1.29 is 37.0 Å². The van der Waals surface area contributed by atoms with Crippen LogP contribution in [0.25, 0.3) is 0 Å². The third-order valence-electron chi connectivity index (χ3n) is 7.85. The number of alkyl halides is 3. The summed E-state index contributed by atoms with van der Waals surface area (Å²) in [6, 6.07) is 13.7. The van der Waals surface area contributed by atoms with Crippen molar-refractivity contribution >= 4 is 17.7 Å². The smallest absolute Gasteiger partial charge is 0.471 e. The molecule has 3 heterocycles. The highest BCUT2D eigenvalue weighted by Gasteiger charge is 2.73. The number of carbonyl (C=O) groups is 3. The van der Waals surface area contributed by atoms with Crippen LogP contribution in [0.2, 0.25) is 0 Å². The number of fused-ring (bicyclic) bond motifs is 1. The van der Waals surface area contributed by atoms with Crippen molar-refractivity contribution in [2.45, 2.75) is 49.5 Å². The summed E-state index contributed by atoms with van der Waals surface area (Å²) in [5, 5.41) is 2.87. The summed E-state index contributed by atoms with van der Waals surface area (Å²) in [7, 11) is 1.52. The molecule has 216 valence electrons. The van der Waals surface area contributed by atoms with E-state index in [2.05, 4.69) is 11.9 Å². The quantitative estimate of drug-likeness (QED) is 0.444. The molecule has 2 bridgehead atoms. The van der Waals surface area contributed by atoms with Gasteiger partial charge in [-0.3, -0.25) is 14.4 Å². The second-order valence-electron chi connectivity index (χ2n) is 10.3. The van der Waals surface area contributed by atoms with Crippen molar-refractivity contribution in [1.29, 1.82) is 0 Å². The molecule has 0 radical (unpaired) electrons. The molecule has 0 unspecified atom stereocenters. The molecule has 2 aromatic carbocycles. The van der Waals surface area contributed by atoms with Crippen molar-refractivity contribution in [3.05, 3.63) is 90.5 Å². The first-order chi connectivity index (χ1) is 19.6. The van der Waals surface area contributed by atoms with E-state index in [1.54, 1.807) is 36.4 Å². The van der Waals surface area contributed by atoms with Gasteiger partial charge >= 0.3 is 12.1 Å². The first-order valence-corrected chi connectivity index (χ1v) is 13.2. The minimum Gasteiger partial charge on any atom is -0.497 e. The second-order valence-corrected chi connectivity index (χ2v) is 10.3. The zero-order valence-corrected chi connectivity index (χ0v) is 22.3. The molecule has 3 aliphatic rings. The van der Waals surface area contributed by atoms with Crippen LogP contribution in [0.1, 0.15) is 17.5 Å². The highest BCUT2D eigenvalue weighted by molar-refractivity contribution is 5.97. The topological polar surface area (TPSA) is 88.2 Å². The number of amides is 3. The van der Waals surface area contributed by atoms with E-state index in [4.69, 9.17) is 9.47 Å². The van der Waals surface area contributed by atoms with Crippen LogP contribution in [0.3, 0.4) is 0 Å². The lowest BCUT2D eigenvalue weighted by Crippen LogP contribution is -2.56. The van der Waals surface area contributed by atoms with Crippen molar-refractivity contribution in [2.75, 3.05) is 13.7 Å². The van der Waals surface area contributed by atoms with Gasteiger partial charge in [-0.15, -0.1) is 6.58 Å². The monoisotopic (exact) mass is 569 g/mol. The largest absolute Gasteiger partial charge is 0.497 e. The lowest BCUT2D eigenvalue weighted by Gasteiger charge is -2.35. The van der Waals surface area contributed by atoms with Crippen molar-refractivity contribution in [1.82, 2.24) is 15.1 Å². The molecule has 3 aliphatic heterocycles. The Morgan fingerprint density at radius 3 is 2.49 bits per heavy atom. The molecular formula is C30H30F3N3O5. The summed E-state index contributed by atoms with van der Waals surface area (Å²) in [5.74, 6) is -3.74. The first kappa shape index (κ1) is 28.4. The highest BCUT2D eigenvalue weighted by atomic mass is 19.4. The van der Waals surface area contributed by atoms with Gasteiger partial charge < -0.3 is 24.6 Å². The number of nitrogens with one attached hydrogen (secondary N) is 1. The fourth-order valence-corrected chi connectivity index (χ4v) is 6.05. The predicted molar refractivity (Wildman–Crippen MR) is 142 cm³/mol. The summed E-state index contributed by atoms with van der Waals surface area (Å²) >= 11 is 0. The van der Waals surface area contributed by atoms with Gasteiger partial charge in [0, 0.05) is 19.6 Å². The van der Waals surface area contributed by atoms with E-state index in [-0.39, 0.29) is 26.1 Å². The maximum atomic E-state index is 14.1. The van der Waals surface area contributed by atoms with Crippen LogP contribution >= 0.6 is 0 Å². The third kappa shape index (κ3) is 5.10. The molecular weight excluding hydrogens is 539 g/mol. The zero-order chi connectivity index (χ0) is 29.4. The maximum absolute atomic E-state index is 14.1. The van der Waals surface area contributed by atoms with Gasteiger partial charge in [-0.05, 0) is 29.7 Å². The number of benzene rings is 2. The molecule has 1 N–H and O–H groups in total. The molecule has 5 rings (SSSR count). The van der Waals surface area contributed by atoms with Gasteiger partial charge in [0.05, 0.1) is 25.2 Å². The summed E-state index contributed by atoms with van der Waals surface area (Å²) in [6.45, 7) is 3.43. The lowest BCUT2D eigenvalue weighted by atomic mass is 9.77. The third-order valence-corrected chi connectivity index (χ3v) is 7.85. The van der Waals surface area contributed by atoms with E-state index in [0.29, 0.717) is 16.2 Å². The maximum Gasteiger partial charge on any atom is 0.471 e. The van der Waals surface area contributed by atoms with Crippen LogP contribution in [0.15, 0.2) is 79.4 Å². The van der Waals surface area contributed by atoms with Gasteiger partial charge in [-0.25, -0.2) is 0 Å². The molecule has 0 aliphatic carbocycles. The molecule has 1 spiro atoms. The van der Waals surface area contributed by atoms with E-state index in [1.807, 2.05) is 30.3 Å². The SMILES string of the molecule is C=CCCN(C(=O)C(F)(F)F)[C@@H]1[C@H]2C(=O)N(Cc3ccc(OC)cc3)[C@H](C(=O)NCc3ccccc3)[C@]23C=C[C@H]1O3. The van der Waals surface area contributed by atoms with Gasteiger partial charge in [0.2, 0.25) is 11.8 Å². The molecule has 11 heteroatoms. The number of hydrogen-bond acceptors (Lipinski definition) is 5. The Kier molecular flexibility index (Phi) is 7.65. The van der Waals surface area contributed by atoms with E-state index in [1.165, 1.54) is 18.1 Å². The zero-order valence-electron chi connectivity index (χ0n) is 22.3. The van der Waals surface area contributed by atoms with E-state index < -0.39 is 53.6 Å².